The third-order valence-electron chi connectivity index (χ3n) is 5.28. The van der Waals surface area contributed by atoms with Crippen LogP contribution in [0.3, 0.4) is 0 Å². The standard InChI is InChI=1S/C13H13NO6.C12H9NO5/c1-17-11(15)6-9(13(16)18-2)14-8-4-3-5-10-12(8)20-7-19-10;1-16-12(15)7-4-8(14)6-2-3-9-11(10(6)13-7)18-5-17-9/h3-6,14H,7H2,1-2H3;2-4H,5H2,1H3,(H,13,14)/b9-6+;. The number of hydrogen-bond donors (Lipinski definition) is 2. The highest BCUT2D eigenvalue weighted by molar-refractivity contribution is 5.99. The normalized spacial score (nSPS) is 12.8. The van der Waals surface area contributed by atoms with Gasteiger partial charge in [0.1, 0.15) is 11.4 Å². The largest absolute Gasteiger partial charge is 0.466 e. The average Bonchev–Trinajstić information content (AvgIpc) is 3.62. The number of aromatic nitrogens is 1. The van der Waals surface area contributed by atoms with E-state index in [2.05, 4.69) is 24.5 Å². The molecule has 2 aliphatic rings. The number of para-hydroxylation sites is 1. The summed E-state index contributed by atoms with van der Waals surface area (Å²) in [6, 6.07) is 9.64. The molecule has 13 nitrogen and oxygen atoms in total. The van der Waals surface area contributed by atoms with Crippen molar-refractivity contribution >= 4 is 34.5 Å². The number of aromatic amines is 1. The summed E-state index contributed by atoms with van der Waals surface area (Å²) in [5.74, 6) is 0.0139. The molecule has 0 saturated carbocycles. The highest BCUT2D eigenvalue weighted by Crippen LogP contribution is 2.39. The van der Waals surface area contributed by atoms with Crippen molar-refractivity contribution in [3.63, 3.8) is 0 Å². The molecule has 0 unspecified atom stereocenters. The van der Waals surface area contributed by atoms with Crippen molar-refractivity contribution in [2.24, 2.45) is 0 Å². The number of H-pyrrole nitrogens is 1. The molecule has 3 aromatic rings. The molecule has 198 valence electrons. The van der Waals surface area contributed by atoms with Gasteiger partial charge in [0.05, 0.1) is 38.6 Å². The maximum absolute atomic E-state index is 11.9. The van der Waals surface area contributed by atoms with E-state index in [1.54, 1.807) is 30.3 Å². The van der Waals surface area contributed by atoms with E-state index in [0.717, 1.165) is 6.08 Å². The summed E-state index contributed by atoms with van der Waals surface area (Å²) in [6.07, 6.45) is 1.00. The van der Waals surface area contributed by atoms with Crippen LogP contribution in [0.4, 0.5) is 5.69 Å². The minimum Gasteiger partial charge on any atom is -0.466 e. The van der Waals surface area contributed by atoms with Crippen molar-refractivity contribution in [3.05, 3.63) is 64.1 Å². The van der Waals surface area contributed by atoms with Crippen molar-refractivity contribution < 1.29 is 47.5 Å². The Morgan fingerprint density at radius 3 is 2.29 bits per heavy atom. The van der Waals surface area contributed by atoms with E-state index in [4.69, 9.17) is 18.9 Å². The third kappa shape index (κ3) is 5.31. The molecule has 0 atom stereocenters. The molecule has 2 N–H and O–H groups in total. The number of esters is 3. The van der Waals surface area contributed by atoms with Crippen molar-refractivity contribution in [1.29, 1.82) is 0 Å². The van der Waals surface area contributed by atoms with E-state index in [-0.39, 0.29) is 30.4 Å². The number of methoxy groups -OCH3 is 3. The van der Waals surface area contributed by atoms with Crippen LogP contribution in [0.2, 0.25) is 0 Å². The van der Waals surface area contributed by atoms with Gasteiger partial charge in [0.25, 0.3) is 0 Å². The zero-order chi connectivity index (χ0) is 27.2. The lowest BCUT2D eigenvalue weighted by Gasteiger charge is -2.10. The van der Waals surface area contributed by atoms with Crippen LogP contribution in [0.15, 0.2) is 53.0 Å². The molecule has 2 aliphatic heterocycles. The van der Waals surface area contributed by atoms with Gasteiger partial charge in [0, 0.05) is 11.5 Å². The lowest BCUT2D eigenvalue weighted by atomic mass is 10.1. The fraction of sp³-hybridized carbons (Fsp3) is 0.200. The van der Waals surface area contributed by atoms with Crippen molar-refractivity contribution in [1.82, 2.24) is 4.98 Å². The van der Waals surface area contributed by atoms with Crippen molar-refractivity contribution in [2.75, 3.05) is 40.2 Å². The number of carbonyl (C=O) groups excluding carboxylic acids is 3. The molecule has 0 saturated heterocycles. The number of fused-ring (bicyclic) bond motifs is 4. The van der Waals surface area contributed by atoms with Crippen LogP contribution < -0.4 is 29.7 Å². The Kier molecular flexibility index (Phi) is 7.66. The summed E-state index contributed by atoms with van der Waals surface area (Å²) in [4.78, 5) is 49.1. The Balaban J connectivity index is 0.000000178. The summed E-state index contributed by atoms with van der Waals surface area (Å²) in [7, 11) is 3.68. The summed E-state index contributed by atoms with van der Waals surface area (Å²) >= 11 is 0. The summed E-state index contributed by atoms with van der Waals surface area (Å²) in [5, 5.41) is 3.21. The van der Waals surface area contributed by atoms with E-state index in [0.29, 0.717) is 39.6 Å². The van der Waals surface area contributed by atoms with Gasteiger partial charge < -0.3 is 43.5 Å². The molecule has 0 spiro atoms. The van der Waals surface area contributed by atoms with E-state index in [1.807, 2.05) is 0 Å². The molecular formula is C25H22N2O11. The topological polar surface area (TPSA) is 161 Å². The number of nitrogens with one attached hydrogen (secondary N) is 2. The first-order valence-electron chi connectivity index (χ1n) is 10.9. The van der Waals surface area contributed by atoms with Gasteiger partial charge in [-0.25, -0.2) is 14.4 Å². The highest BCUT2D eigenvalue weighted by Gasteiger charge is 2.21. The predicted octanol–water partition coefficient (Wildman–Crippen LogP) is 2.10. The zero-order valence-corrected chi connectivity index (χ0v) is 20.4. The number of ether oxygens (including phenoxy) is 7. The quantitative estimate of drug-likeness (QED) is 0.283. The van der Waals surface area contributed by atoms with Crippen LogP contribution in [0.5, 0.6) is 23.0 Å². The molecule has 0 bridgehead atoms. The van der Waals surface area contributed by atoms with Gasteiger partial charge in [-0.1, -0.05) is 6.07 Å². The van der Waals surface area contributed by atoms with Crippen molar-refractivity contribution in [3.8, 4) is 23.0 Å². The molecule has 2 aromatic carbocycles. The van der Waals surface area contributed by atoms with E-state index in [1.165, 1.54) is 27.4 Å². The molecular weight excluding hydrogens is 504 g/mol. The molecule has 0 aliphatic carbocycles. The molecule has 0 fully saturated rings. The zero-order valence-electron chi connectivity index (χ0n) is 20.4. The minimum atomic E-state index is -0.702. The molecule has 13 heteroatoms. The first-order valence-corrected chi connectivity index (χ1v) is 10.9. The van der Waals surface area contributed by atoms with Gasteiger partial charge in [0.2, 0.25) is 13.6 Å². The Morgan fingerprint density at radius 1 is 0.895 bits per heavy atom. The smallest absolute Gasteiger partial charge is 0.354 e. The Morgan fingerprint density at radius 2 is 1.61 bits per heavy atom. The van der Waals surface area contributed by atoms with Gasteiger partial charge in [-0.2, -0.15) is 0 Å². The van der Waals surface area contributed by atoms with E-state index in [9.17, 15) is 19.2 Å². The number of pyridine rings is 1. The van der Waals surface area contributed by atoms with Crippen LogP contribution in [0.25, 0.3) is 10.9 Å². The van der Waals surface area contributed by atoms with Gasteiger partial charge in [-0.15, -0.1) is 0 Å². The third-order valence-corrected chi connectivity index (χ3v) is 5.28. The summed E-state index contributed by atoms with van der Waals surface area (Å²) in [6.45, 7) is 0.196. The highest BCUT2D eigenvalue weighted by atomic mass is 16.7. The van der Waals surface area contributed by atoms with Crippen molar-refractivity contribution in [2.45, 2.75) is 0 Å². The molecule has 0 amide bonds. The summed E-state index contributed by atoms with van der Waals surface area (Å²) in [5.41, 5.74) is 0.669. The second-order valence-electron chi connectivity index (χ2n) is 7.50. The molecule has 1 aromatic heterocycles. The van der Waals surface area contributed by atoms with Gasteiger partial charge in [-0.3, -0.25) is 4.79 Å². The van der Waals surface area contributed by atoms with Crippen LogP contribution in [-0.2, 0) is 23.8 Å². The van der Waals surface area contributed by atoms with Crippen LogP contribution in [-0.4, -0.2) is 57.8 Å². The Hall–Kier alpha value is -5.20. The molecule has 3 heterocycles. The fourth-order valence-corrected chi connectivity index (χ4v) is 3.51. The summed E-state index contributed by atoms with van der Waals surface area (Å²) < 4.78 is 34.7. The van der Waals surface area contributed by atoms with Crippen LogP contribution >= 0.6 is 0 Å². The first-order chi connectivity index (χ1) is 18.4. The van der Waals surface area contributed by atoms with Gasteiger partial charge in [-0.05, 0) is 24.3 Å². The van der Waals surface area contributed by atoms with Gasteiger partial charge in [0.15, 0.2) is 28.4 Å². The monoisotopic (exact) mass is 526 g/mol. The average molecular weight is 526 g/mol. The minimum absolute atomic E-state index is 0.0664. The molecule has 5 rings (SSSR count). The second-order valence-corrected chi connectivity index (χ2v) is 7.50. The number of rotatable bonds is 5. The van der Waals surface area contributed by atoms with Crippen LogP contribution in [0.1, 0.15) is 10.5 Å². The first kappa shape index (κ1) is 25.9. The number of benzene rings is 2. The maximum Gasteiger partial charge on any atom is 0.354 e. The predicted molar refractivity (Wildman–Crippen MR) is 130 cm³/mol. The molecule has 0 radical (unpaired) electrons. The Labute approximate surface area is 214 Å². The lowest BCUT2D eigenvalue weighted by Crippen LogP contribution is -2.15. The van der Waals surface area contributed by atoms with E-state index < -0.39 is 17.9 Å². The lowest BCUT2D eigenvalue weighted by molar-refractivity contribution is -0.138. The van der Waals surface area contributed by atoms with Crippen LogP contribution in [0, 0.1) is 0 Å². The number of hydrogen-bond acceptors (Lipinski definition) is 12. The maximum atomic E-state index is 11.9. The number of anilines is 1. The van der Waals surface area contributed by atoms with Gasteiger partial charge >= 0.3 is 17.9 Å². The second kappa shape index (κ2) is 11.2. The molecule has 38 heavy (non-hydrogen) atoms. The SMILES string of the molecule is COC(=O)/C=C(/Nc1cccc2c1OCO2)C(=O)OC.COC(=O)c1cc(=O)c2ccc3c(c2[nH]1)OCO3. The number of carbonyl (C=O) groups is 3. The fourth-order valence-electron chi connectivity index (χ4n) is 3.51. The Bertz CT molecular complexity index is 1490. The van der Waals surface area contributed by atoms with E-state index >= 15 is 0 Å².